The molecular weight excluding hydrogens is 191 g/mol. The Labute approximate surface area is 79.4 Å². The number of halogens is 1. The Balaban J connectivity index is 2.92. The van der Waals surface area contributed by atoms with Crippen LogP contribution < -0.4 is 0 Å². The highest BCUT2D eigenvalue weighted by molar-refractivity contribution is 7.24. The van der Waals surface area contributed by atoms with Crippen LogP contribution in [0.3, 0.4) is 0 Å². The summed E-state index contributed by atoms with van der Waals surface area (Å²) in [6.45, 7) is 4.08. The van der Waals surface area contributed by atoms with Crippen molar-refractivity contribution in [2.24, 2.45) is 0 Å². The lowest BCUT2D eigenvalue weighted by molar-refractivity contribution is 0.412. The molecule has 0 fully saturated rings. The van der Waals surface area contributed by atoms with Crippen molar-refractivity contribution in [1.82, 2.24) is 4.98 Å². The van der Waals surface area contributed by atoms with Crippen molar-refractivity contribution in [2.45, 2.75) is 25.1 Å². The first kappa shape index (κ1) is 10.1. The van der Waals surface area contributed by atoms with Crippen LogP contribution >= 0.6 is 20.6 Å². The number of hydrogen-bond donors (Lipinski definition) is 0. The molecule has 0 N–H and O–H groups in total. The molecule has 2 atom stereocenters. The van der Waals surface area contributed by atoms with Crippen LogP contribution in [0.2, 0.25) is 0 Å². The first-order valence-corrected chi connectivity index (χ1v) is 5.03. The van der Waals surface area contributed by atoms with Gasteiger partial charge in [0.15, 0.2) is 0 Å². The maximum absolute atomic E-state index is 13.1. The van der Waals surface area contributed by atoms with Crippen molar-refractivity contribution < 1.29 is 4.39 Å². The van der Waals surface area contributed by atoms with Gasteiger partial charge in [0.2, 0.25) is 0 Å². The SMILES string of the molecule is [B]C(F)(P)c1ncc(C(C)C)s1. The molecule has 12 heavy (non-hydrogen) atoms. The Morgan fingerprint density at radius 3 is 2.58 bits per heavy atom. The summed E-state index contributed by atoms with van der Waals surface area (Å²) in [4.78, 5) is 4.96. The average molecular weight is 201 g/mol. The molecule has 5 heteroatoms. The summed E-state index contributed by atoms with van der Waals surface area (Å²) >= 11 is 1.32. The van der Waals surface area contributed by atoms with Crippen LogP contribution in [-0.4, -0.2) is 12.8 Å². The summed E-state index contributed by atoms with van der Waals surface area (Å²) in [7, 11) is 7.15. The van der Waals surface area contributed by atoms with Crippen LogP contribution in [0.4, 0.5) is 4.39 Å². The molecule has 1 aromatic heterocycles. The predicted molar refractivity (Wildman–Crippen MR) is 54.5 cm³/mol. The summed E-state index contributed by atoms with van der Waals surface area (Å²) in [5, 5.41) is -1.56. The van der Waals surface area contributed by atoms with E-state index in [1.807, 2.05) is 23.1 Å². The van der Waals surface area contributed by atoms with Gasteiger partial charge in [0.1, 0.15) is 18.2 Å². The smallest absolute Gasteiger partial charge is 0.137 e. The fourth-order valence-electron chi connectivity index (χ4n) is 0.731. The molecular formula is C7H10BFNPS. The van der Waals surface area contributed by atoms with E-state index in [0.717, 1.165) is 4.88 Å². The van der Waals surface area contributed by atoms with Gasteiger partial charge in [0.25, 0.3) is 0 Å². The quantitative estimate of drug-likeness (QED) is 0.528. The third-order valence-corrected chi connectivity index (χ3v) is 3.33. The summed E-state index contributed by atoms with van der Waals surface area (Å²) in [6.07, 6.45) is 1.68. The molecule has 0 aromatic carbocycles. The van der Waals surface area contributed by atoms with Gasteiger partial charge in [-0.25, -0.2) is 9.37 Å². The molecule has 1 aromatic rings. The number of hydrogen-bond acceptors (Lipinski definition) is 2. The third kappa shape index (κ3) is 2.27. The van der Waals surface area contributed by atoms with Crippen molar-refractivity contribution in [2.75, 3.05) is 0 Å². The molecule has 0 aliphatic rings. The van der Waals surface area contributed by atoms with Gasteiger partial charge in [-0.1, -0.05) is 13.8 Å². The predicted octanol–water partition coefficient (Wildman–Crippen LogP) is 2.39. The summed E-state index contributed by atoms with van der Waals surface area (Å²) in [5.41, 5.74) is 0. The van der Waals surface area contributed by atoms with E-state index >= 15 is 0 Å². The Kier molecular flexibility index (Phi) is 2.90. The zero-order chi connectivity index (χ0) is 9.35. The van der Waals surface area contributed by atoms with Gasteiger partial charge in [-0.2, -0.15) is 0 Å². The second kappa shape index (κ2) is 3.43. The van der Waals surface area contributed by atoms with Gasteiger partial charge < -0.3 is 0 Å². The molecule has 2 radical (unpaired) electrons. The van der Waals surface area contributed by atoms with Gasteiger partial charge in [0, 0.05) is 11.1 Å². The first-order chi connectivity index (χ1) is 5.41. The van der Waals surface area contributed by atoms with Crippen molar-refractivity contribution in [1.29, 1.82) is 0 Å². The Hall–Kier alpha value is 0.0549. The zero-order valence-electron chi connectivity index (χ0n) is 7.04. The van der Waals surface area contributed by atoms with Crippen LogP contribution in [0, 0.1) is 0 Å². The summed E-state index contributed by atoms with van der Waals surface area (Å²) < 4.78 is 13.1. The summed E-state index contributed by atoms with van der Waals surface area (Å²) in [5.74, 6) is 0.378. The van der Waals surface area contributed by atoms with E-state index < -0.39 is 5.31 Å². The van der Waals surface area contributed by atoms with Crippen molar-refractivity contribution in [3.05, 3.63) is 16.1 Å². The van der Waals surface area contributed by atoms with E-state index in [9.17, 15) is 4.39 Å². The van der Waals surface area contributed by atoms with Crippen LogP contribution in [0.25, 0.3) is 0 Å². The second-order valence-electron chi connectivity index (χ2n) is 2.99. The molecule has 2 unspecified atom stereocenters. The molecule has 0 saturated heterocycles. The molecule has 0 amide bonds. The molecule has 1 nitrogen and oxygen atoms in total. The Bertz CT molecular complexity index is 269. The van der Waals surface area contributed by atoms with Gasteiger partial charge in [-0.15, -0.1) is 20.6 Å². The van der Waals surface area contributed by atoms with Crippen LogP contribution in [0.15, 0.2) is 6.20 Å². The van der Waals surface area contributed by atoms with Crippen LogP contribution in [-0.2, 0) is 5.31 Å². The minimum atomic E-state index is -1.88. The Morgan fingerprint density at radius 2 is 2.33 bits per heavy atom. The highest BCUT2D eigenvalue weighted by atomic mass is 32.1. The topological polar surface area (TPSA) is 12.9 Å². The molecule has 0 aliphatic carbocycles. The highest BCUT2D eigenvalue weighted by Crippen LogP contribution is 2.34. The molecule has 0 bridgehead atoms. The fourth-order valence-corrected chi connectivity index (χ4v) is 1.81. The lowest BCUT2D eigenvalue weighted by atomic mass is 10.0. The maximum Gasteiger partial charge on any atom is 0.137 e. The number of aromatic nitrogens is 1. The van der Waals surface area contributed by atoms with Crippen LogP contribution in [0.1, 0.15) is 29.7 Å². The van der Waals surface area contributed by atoms with E-state index in [1.54, 1.807) is 6.20 Å². The minimum Gasteiger partial charge on any atom is -0.246 e. The van der Waals surface area contributed by atoms with Gasteiger partial charge >= 0.3 is 0 Å². The normalized spacial score (nSPS) is 16.4. The lowest BCUT2D eigenvalue weighted by Gasteiger charge is -2.09. The van der Waals surface area contributed by atoms with E-state index in [-0.39, 0.29) is 0 Å². The van der Waals surface area contributed by atoms with E-state index in [4.69, 9.17) is 7.85 Å². The van der Waals surface area contributed by atoms with Crippen molar-refractivity contribution in [3.63, 3.8) is 0 Å². The second-order valence-corrected chi connectivity index (χ2v) is 4.89. The molecule has 64 valence electrons. The molecule has 1 rings (SSSR count). The standard InChI is InChI=1S/C7H10BFNPS/c1-4(2)5-3-10-6(12-5)7(8,9)11/h3-4H,11H2,1-2H3. The van der Waals surface area contributed by atoms with Crippen molar-refractivity contribution in [3.8, 4) is 0 Å². The summed E-state index contributed by atoms with van der Waals surface area (Å²) in [6, 6.07) is 0. The van der Waals surface area contributed by atoms with Gasteiger partial charge in [0.05, 0.1) is 0 Å². The first-order valence-electron chi connectivity index (χ1n) is 3.64. The van der Waals surface area contributed by atoms with E-state index in [2.05, 4.69) is 4.98 Å². The number of thiazole rings is 1. The van der Waals surface area contributed by atoms with Gasteiger partial charge in [-0.3, -0.25) is 0 Å². The minimum absolute atomic E-state index is 0.316. The molecule has 0 spiro atoms. The number of nitrogens with zero attached hydrogens (tertiary/aromatic N) is 1. The Morgan fingerprint density at radius 1 is 1.75 bits per heavy atom. The fraction of sp³-hybridized carbons (Fsp3) is 0.571. The monoisotopic (exact) mass is 201 g/mol. The molecule has 1 heterocycles. The number of rotatable bonds is 2. The van der Waals surface area contributed by atoms with E-state index in [0.29, 0.717) is 10.9 Å². The van der Waals surface area contributed by atoms with Crippen molar-refractivity contribution >= 4 is 28.4 Å². The van der Waals surface area contributed by atoms with Gasteiger partial charge in [-0.05, 0) is 5.92 Å². The van der Waals surface area contributed by atoms with E-state index in [1.165, 1.54) is 11.3 Å². The lowest BCUT2D eigenvalue weighted by Crippen LogP contribution is -2.08. The average Bonchev–Trinajstić information content (AvgIpc) is 2.30. The zero-order valence-corrected chi connectivity index (χ0v) is 9.01. The molecule has 0 saturated carbocycles. The third-order valence-electron chi connectivity index (χ3n) is 1.42. The molecule has 0 aliphatic heterocycles. The maximum atomic E-state index is 13.1. The largest absolute Gasteiger partial charge is 0.246 e. The van der Waals surface area contributed by atoms with Crippen LogP contribution in [0.5, 0.6) is 0 Å². The number of alkyl halides is 1. The highest BCUT2D eigenvalue weighted by Gasteiger charge is 2.22.